The Bertz CT molecular complexity index is 205. The Morgan fingerprint density at radius 3 is 2.00 bits per heavy atom. The minimum absolute atomic E-state index is 0.202. The molecule has 0 bridgehead atoms. The molecule has 0 spiro atoms. The van der Waals surface area contributed by atoms with E-state index in [-0.39, 0.29) is 6.42 Å². The van der Waals surface area contributed by atoms with Crippen molar-refractivity contribution in [2.45, 2.75) is 6.42 Å². The van der Waals surface area contributed by atoms with Crippen LogP contribution in [-0.2, 0) is 23.8 Å². The SMILES string of the molecule is CO/C=C\CC(C(=O)OC)C(=O)OC. The highest BCUT2D eigenvalue weighted by Crippen LogP contribution is 2.08. The average molecular weight is 202 g/mol. The van der Waals surface area contributed by atoms with E-state index in [1.54, 1.807) is 6.08 Å². The summed E-state index contributed by atoms with van der Waals surface area (Å²) in [6.45, 7) is 0. The van der Waals surface area contributed by atoms with Crippen molar-refractivity contribution in [2.75, 3.05) is 21.3 Å². The zero-order valence-electron chi connectivity index (χ0n) is 8.48. The number of allylic oxidation sites excluding steroid dienone is 1. The monoisotopic (exact) mass is 202 g/mol. The van der Waals surface area contributed by atoms with Crippen molar-refractivity contribution in [3.8, 4) is 0 Å². The summed E-state index contributed by atoms with van der Waals surface area (Å²) >= 11 is 0. The van der Waals surface area contributed by atoms with Gasteiger partial charge in [-0.1, -0.05) is 0 Å². The van der Waals surface area contributed by atoms with E-state index in [2.05, 4.69) is 14.2 Å². The molecule has 0 unspecified atom stereocenters. The number of hydrogen-bond donors (Lipinski definition) is 0. The van der Waals surface area contributed by atoms with Gasteiger partial charge in [-0.25, -0.2) is 0 Å². The maximum Gasteiger partial charge on any atom is 0.320 e. The van der Waals surface area contributed by atoms with Gasteiger partial charge >= 0.3 is 11.9 Å². The lowest BCUT2D eigenvalue weighted by Crippen LogP contribution is -2.25. The van der Waals surface area contributed by atoms with Crippen molar-refractivity contribution in [3.63, 3.8) is 0 Å². The number of hydrogen-bond acceptors (Lipinski definition) is 5. The van der Waals surface area contributed by atoms with Crippen molar-refractivity contribution in [2.24, 2.45) is 5.92 Å². The fourth-order valence-electron chi connectivity index (χ4n) is 0.861. The van der Waals surface area contributed by atoms with E-state index < -0.39 is 17.9 Å². The summed E-state index contributed by atoms with van der Waals surface area (Å²) in [5.41, 5.74) is 0. The van der Waals surface area contributed by atoms with Crippen molar-refractivity contribution < 1.29 is 23.8 Å². The second kappa shape index (κ2) is 6.94. The van der Waals surface area contributed by atoms with Gasteiger partial charge in [0.2, 0.25) is 0 Å². The first-order chi connectivity index (χ1) is 6.67. The van der Waals surface area contributed by atoms with Crippen LogP contribution in [0.1, 0.15) is 6.42 Å². The minimum atomic E-state index is -0.920. The normalized spacial score (nSPS) is 10.3. The Kier molecular flexibility index (Phi) is 6.19. The van der Waals surface area contributed by atoms with E-state index in [4.69, 9.17) is 0 Å². The van der Waals surface area contributed by atoms with Gasteiger partial charge in [-0.15, -0.1) is 0 Å². The highest BCUT2D eigenvalue weighted by Gasteiger charge is 2.27. The van der Waals surface area contributed by atoms with Crippen LogP contribution in [0, 0.1) is 5.92 Å². The standard InChI is InChI=1S/C9H14O5/c1-12-6-4-5-7(8(10)13-2)9(11)14-3/h4,6-7H,5H2,1-3H3/b6-4-. The lowest BCUT2D eigenvalue weighted by Gasteiger charge is -2.09. The molecule has 0 aliphatic heterocycles. The molecule has 0 aromatic carbocycles. The van der Waals surface area contributed by atoms with Crippen LogP contribution in [0.3, 0.4) is 0 Å². The molecule has 0 aromatic heterocycles. The fourth-order valence-corrected chi connectivity index (χ4v) is 0.861. The van der Waals surface area contributed by atoms with Crippen LogP contribution in [0.5, 0.6) is 0 Å². The van der Waals surface area contributed by atoms with Crippen LogP contribution in [0.4, 0.5) is 0 Å². The fraction of sp³-hybridized carbons (Fsp3) is 0.556. The third-order valence-electron chi connectivity index (χ3n) is 1.58. The summed E-state index contributed by atoms with van der Waals surface area (Å²) in [6.07, 6.45) is 3.14. The Labute approximate surface area is 82.6 Å². The van der Waals surface area contributed by atoms with Crippen molar-refractivity contribution in [1.29, 1.82) is 0 Å². The van der Waals surface area contributed by atoms with Gasteiger partial charge in [0.05, 0.1) is 27.6 Å². The third-order valence-corrected chi connectivity index (χ3v) is 1.58. The molecular formula is C9H14O5. The second-order valence-corrected chi connectivity index (χ2v) is 2.44. The molecule has 5 nitrogen and oxygen atoms in total. The summed E-state index contributed by atoms with van der Waals surface area (Å²) in [5.74, 6) is -2.15. The number of ether oxygens (including phenoxy) is 3. The molecule has 0 atom stereocenters. The maximum absolute atomic E-state index is 11.1. The largest absolute Gasteiger partial charge is 0.505 e. The second-order valence-electron chi connectivity index (χ2n) is 2.44. The molecule has 0 saturated carbocycles. The maximum atomic E-state index is 11.1. The van der Waals surface area contributed by atoms with E-state index in [1.807, 2.05) is 0 Å². The summed E-state index contributed by atoms with van der Waals surface area (Å²) < 4.78 is 13.5. The van der Waals surface area contributed by atoms with E-state index in [1.165, 1.54) is 27.6 Å². The summed E-state index contributed by atoms with van der Waals surface area (Å²) in [7, 11) is 3.92. The summed E-state index contributed by atoms with van der Waals surface area (Å²) in [6, 6.07) is 0. The van der Waals surface area contributed by atoms with Crippen LogP contribution in [0.15, 0.2) is 12.3 Å². The number of esters is 2. The number of rotatable bonds is 5. The van der Waals surface area contributed by atoms with Gasteiger partial charge in [-0.3, -0.25) is 9.59 Å². The van der Waals surface area contributed by atoms with Crippen LogP contribution >= 0.6 is 0 Å². The Morgan fingerprint density at radius 1 is 1.14 bits per heavy atom. The predicted octanol–water partition coefficient (Wildman–Crippen LogP) is 0.499. The number of methoxy groups -OCH3 is 3. The highest BCUT2D eigenvalue weighted by molar-refractivity contribution is 5.94. The van der Waals surface area contributed by atoms with Crippen molar-refractivity contribution >= 4 is 11.9 Å². The van der Waals surface area contributed by atoms with E-state index >= 15 is 0 Å². The molecule has 0 radical (unpaired) electrons. The Hall–Kier alpha value is -1.52. The van der Waals surface area contributed by atoms with E-state index in [0.29, 0.717) is 0 Å². The first-order valence-corrected chi connectivity index (χ1v) is 4.00. The molecule has 0 fully saturated rings. The Morgan fingerprint density at radius 2 is 1.64 bits per heavy atom. The third kappa shape index (κ3) is 3.93. The van der Waals surface area contributed by atoms with Crippen LogP contribution in [0.25, 0.3) is 0 Å². The lowest BCUT2D eigenvalue weighted by atomic mass is 10.1. The number of carbonyl (C=O) groups excluding carboxylic acids is 2. The molecule has 5 heteroatoms. The first kappa shape index (κ1) is 12.5. The van der Waals surface area contributed by atoms with E-state index in [0.717, 1.165) is 0 Å². The molecule has 0 saturated heterocycles. The topological polar surface area (TPSA) is 61.8 Å². The molecule has 0 heterocycles. The summed E-state index contributed by atoms with van der Waals surface area (Å²) in [4.78, 5) is 22.2. The van der Waals surface area contributed by atoms with E-state index in [9.17, 15) is 9.59 Å². The zero-order valence-corrected chi connectivity index (χ0v) is 8.48. The molecule has 0 N–H and O–H groups in total. The van der Waals surface area contributed by atoms with Crippen LogP contribution in [0.2, 0.25) is 0 Å². The van der Waals surface area contributed by atoms with Gasteiger partial charge in [0.15, 0.2) is 5.92 Å². The first-order valence-electron chi connectivity index (χ1n) is 4.00. The molecular weight excluding hydrogens is 188 g/mol. The van der Waals surface area contributed by atoms with Gasteiger partial charge in [-0.05, 0) is 12.5 Å². The molecule has 14 heavy (non-hydrogen) atoms. The molecule has 0 aromatic rings. The smallest absolute Gasteiger partial charge is 0.320 e. The molecule has 0 aliphatic carbocycles. The summed E-state index contributed by atoms with van der Waals surface area (Å²) in [5, 5.41) is 0. The molecule has 0 rings (SSSR count). The predicted molar refractivity (Wildman–Crippen MR) is 48.3 cm³/mol. The quantitative estimate of drug-likeness (QED) is 0.369. The lowest BCUT2D eigenvalue weighted by molar-refractivity contribution is -0.158. The van der Waals surface area contributed by atoms with Gasteiger partial charge in [0, 0.05) is 0 Å². The molecule has 0 aliphatic rings. The van der Waals surface area contributed by atoms with Gasteiger partial charge in [-0.2, -0.15) is 0 Å². The Balaban J connectivity index is 4.32. The number of carbonyl (C=O) groups is 2. The van der Waals surface area contributed by atoms with Crippen molar-refractivity contribution in [1.82, 2.24) is 0 Å². The highest BCUT2D eigenvalue weighted by atomic mass is 16.5. The van der Waals surface area contributed by atoms with Gasteiger partial charge < -0.3 is 14.2 Å². The molecule has 0 amide bonds. The molecule has 80 valence electrons. The minimum Gasteiger partial charge on any atom is -0.505 e. The average Bonchev–Trinajstić information content (AvgIpc) is 2.22. The zero-order chi connectivity index (χ0) is 11.0. The van der Waals surface area contributed by atoms with Crippen molar-refractivity contribution in [3.05, 3.63) is 12.3 Å². The van der Waals surface area contributed by atoms with Crippen LogP contribution in [-0.4, -0.2) is 33.3 Å². The van der Waals surface area contributed by atoms with Gasteiger partial charge in [0.1, 0.15) is 0 Å². The van der Waals surface area contributed by atoms with Gasteiger partial charge in [0.25, 0.3) is 0 Å². The van der Waals surface area contributed by atoms with Crippen LogP contribution < -0.4 is 0 Å².